The fourth-order valence-corrected chi connectivity index (χ4v) is 3.21. The summed E-state index contributed by atoms with van der Waals surface area (Å²) >= 11 is 0. The van der Waals surface area contributed by atoms with Gasteiger partial charge in [0.1, 0.15) is 0 Å². The Morgan fingerprint density at radius 2 is 1.91 bits per heavy atom. The summed E-state index contributed by atoms with van der Waals surface area (Å²) in [5, 5.41) is 6.30. The number of likely N-dealkylation sites (N-methyl/N-ethyl adjacent to an activating group) is 1. The van der Waals surface area contributed by atoms with E-state index >= 15 is 0 Å². The van der Waals surface area contributed by atoms with E-state index in [0.717, 1.165) is 30.6 Å². The molecule has 0 unspecified atom stereocenters. The van der Waals surface area contributed by atoms with Crippen molar-refractivity contribution < 1.29 is 4.79 Å². The molecule has 1 amide bonds. The lowest BCUT2D eigenvalue weighted by atomic mass is 9.73. The molecule has 0 atom stereocenters. The lowest BCUT2D eigenvalue weighted by molar-refractivity contribution is 0.0935. The van der Waals surface area contributed by atoms with E-state index in [9.17, 15) is 4.79 Å². The van der Waals surface area contributed by atoms with Crippen LogP contribution in [0.25, 0.3) is 0 Å². The van der Waals surface area contributed by atoms with Crippen LogP contribution in [0, 0.1) is 11.3 Å². The number of benzene rings is 1. The van der Waals surface area contributed by atoms with Crippen molar-refractivity contribution in [1.82, 2.24) is 10.6 Å². The molecule has 2 rings (SSSR count). The molecule has 0 bridgehead atoms. The number of carbonyl (C=O) groups is 1. The molecule has 1 aliphatic rings. The van der Waals surface area contributed by atoms with Crippen LogP contribution in [0.4, 0.5) is 0 Å². The van der Waals surface area contributed by atoms with Crippen LogP contribution in [0.2, 0.25) is 0 Å². The first-order chi connectivity index (χ1) is 10.5. The smallest absolute Gasteiger partial charge is 0.251 e. The molecule has 0 aliphatic heterocycles. The quantitative estimate of drug-likeness (QED) is 0.845. The zero-order valence-electron chi connectivity index (χ0n) is 14.2. The van der Waals surface area contributed by atoms with Crippen molar-refractivity contribution in [3.05, 3.63) is 35.4 Å². The van der Waals surface area contributed by atoms with Crippen molar-refractivity contribution in [2.24, 2.45) is 11.3 Å². The summed E-state index contributed by atoms with van der Waals surface area (Å²) in [6.07, 6.45) is 5.89. The van der Waals surface area contributed by atoms with E-state index in [2.05, 4.69) is 30.5 Å². The Balaban J connectivity index is 1.87. The standard InChI is InChI=1S/C19H30N2O/c1-19(2)11-8-15(9-12-19)14-21-18(22)17-7-5-4-6-16(17)10-13-20-3/h4-7,15,20H,8-14H2,1-3H3,(H,21,22). The molecular weight excluding hydrogens is 272 g/mol. The van der Waals surface area contributed by atoms with Crippen LogP contribution < -0.4 is 10.6 Å². The van der Waals surface area contributed by atoms with Crippen LogP contribution in [0.3, 0.4) is 0 Å². The highest BCUT2D eigenvalue weighted by atomic mass is 16.1. The Morgan fingerprint density at radius 3 is 2.59 bits per heavy atom. The van der Waals surface area contributed by atoms with Gasteiger partial charge in [-0.1, -0.05) is 32.0 Å². The maximum Gasteiger partial charge on any atom is 0.251 e. The summed E-state index contributed by atoms with van der Waals surface area (Å²) in [5.74, 6) is 0.720. The van der Waals surface area contributed by atoms with Crippen LogP contribution in [-0.2, 0) is 6.42 Å². The van der Waals surface area contributed by atoms with Gasteiger partial charge in [-0.25, -0.2) is 0 Å². The van der Waals surface area contributed by atoms with Gasteiger partial charge >= 0.3 is 0 Å². The van der Waals surface area contributed by atoms with Crippen LogP contribution in [0.5, 0.6) is 0 Å². The van der Waals surface area contributed by atoms with Gasteiger partial charge in [-0.3, -0.25) is 4.79 Å². The monoisotopic (exact) mass is 302 g/mol. The molecule has 1 aromatic carbocycles. The molecule has 0 aromatic heterocycles. The number of hydrogen-bond acceptors (Lipinski definition) is 2. The summed E-state index contributed by atoms with van der Waals surface area (Å²) in [6, 6.07) is 7.94. The molecule has 0 heterocycles. The highest BCUT2D eigenvalue weighted by molar-refractivity contribution is 5.95. The summed E-state index contributed by atoms with van der Waals surface area (Å²) in [7, 11) is 1.94. The molecule has 0 saturated heterocycles. The van der Waals surface area contributed by atoms with Crippen LogP contribution in [0.1, 0.15) is 55.5 Å². The summed E-state index contributed by atoms with van der Waals surface area (Å²) < 4.78 is 0. The van der Waals surface area contributed by atoms with Crippen molar-refractivity contribution in [2.45, 2.75) is 46.0 Å². The molecule has 122 valence electrons. The highest BCUT2D eigenvalue weighted by Gasteiger charge is 2.27. The third kappa shape index (κ3) is 4.84. The van der Waals surface area contributed by atoms with Gasteiger partial charge < -0.3 is 10.6 Å². The van der Waals surface area contributed by atoms with Gasteiger partial charge in [0.05, 0.1) is 0 Å². The fraction of sp³-hybridized carbons (Fsp3) is 0.632. The van der Waals surface area contributed by atoms with E-state index in [-0.39, 0.29) is 5.91 Å². The van der Waals surface area contributed by atoms with Crippen molar-refractivity contribution in [2.75, 3.05) is 20.1 Å². The number of carbonyl (C=O) groups excluding carboxylic acids is 1. The molecule has 3 heteroatoms. The maximum atomic E-state index is 12.5. The van der Waals surface area contributed by atoms with Gasteiger partial charge in [0.25, 0.3) is 5.91 Å². The van der Waals surface area contributed by atoms with Gasteiger partial charge in [-0.15, -0.1) is 0 Å². The highest BCUT2D eigenvalue weighted by Crippen LogP contribution is 2.37. The summed E-state index contributed by atoms with van der Waals surface area (Å²) in [5.41, 5.74) is 2.44. The predicted molar refractivity (Wildman–Crippen MR) is 92.1 cm³/mol. The van der Waals surface area contributed by atoms with E-state index in [1.165, 1.54) is 25.7 Å². The fourth-order valence-electron chi connectivity index (χ4n) is 3.21. The Bertz CT molecular complexity index is 486. The molecule has 2 N–H and O–H groups in total. The number of amides is 1. The van der Waals surface area contributed by atoms with Gasteiger partial charge in [0.2, 0.25) is 0 Å². The third-order valence-electron chi connectivity index (χ3n) is 4.92. The molecular formula is C19H30N2O. The molecule has 22 heavy (non-hydrogen) atoms. The van der Waals surface area contributed by atoms with Crippen LogP contribution in [-0.4, -0.2) is 26.0 Å². The number of nitrogens with one attached hydrogen (secondary N) is 2. The maximum absolute atomic E-state index is 12.5. The van der Waals surface area contributed by atoms with E-state index in [1.54, 1.807) is 0 Å². The van der Waals surface area contributed by atoms with Crippen molar-refractivity contribution in [3.63, 3.8) is 0 Å². The average Bonchev–Trinajstić information content (AvgIpc) is 2.52. The third-order valence-corrected chi connectivity index (χ3v) is 4.92. The second kappa shape index (κ2) is 7.77. The first-order valence-corrected chi connectivity index (χ1v) is 8.52. The topological polar surface area (TPSA) is 41.1 Å². The molecule has 1 aliphatic carbocycles. The normalized spacial score (nSPS) is 18.1. The Morgan fingerprint density at radius 1 is 1.23 bits per heavy atom. The second-order valence-corrected chi connectivity index (χ2v) is 7.33. The summed E-state index contributed by atoms with van der Waals surface area (Å²) in [6.45, 7) is 6.40. The van der Waals surface area contributed by atoms with Crippen molar-refractivity contribution in [3.8, 4) is 0 Å². The summed E-state index contributed by atoms with van der Waals surface area (Å²) in [4.78, 5) is 12.5. The van der Waals surface area contributed by atoms with E-state index in [0.29, 0.717) is 11.3 Å². The predicted octanol–water partition coefficient (Wildman–Crippen LogP) is 3.39. The minimum atomic E-state index is 0.0801. The Hall–Kier alpha value is -1.35. The van der Waals surface area contributed by atoms with Gasteiger partial charge in [-0.05, 0) is 68.7 Å². The molecule has 1 aromatic rings. The SMILES string of the molecule is CNCCc1ccccc1C(=O)NCC1CCC(C)(C)CC1. The number of rotatable bonds is 6. The van der Waals surface area contributed by atoms with E-state index < -0.39 is 0 Å². The van der Waals surface area contributed by atoms with E-state index in [4.69, 9.17) is 0 Å². The molecule has 0 spiro atoms. The Kier molecular flexibility index (Phi) is 6.01. The average molecular weight is 302 g/mol. The second-order valence-electron chi connectivity index (χ2n) is 7.33. The minimum absolute atomic E-state index is 0.0801. The minimum Gasteiger partial charge on any atom is -0.352 e. The first-order valence-electron chi connectivity index (χ1n) is 8.52. The van der Waals surface area contributed by atoms with Gasteiger partial charge in [-0.2, -0.15) is 0 Å². The van der Waals surface area contributed by atoms with Crippen molar-refractivity contribution in [1.29, 1.82) is 0 Å². The number of hydrogen-bond donors (Lipinski definition) is 2. The lowest BCUT2D eigenvalue weighted by Gasteiger charge is -2.34. The lowest BCUT2D eigenvalue weighted by Crippen LogP contribution is -2.33. The molecule has 1 fully saturated rings. The molecule has 0 radical (unpaired) electrons. The Labute approximate surface area is 134 Å². The van der Waals surface area contributed by atoms with Crippen LogP contribution >= 0.6 is 0 Å². The zero-order valence-corrected chi connectivity index (χ0v) is 14.2. The van der Waals surface area contributed by atoms with Gasteiger partial charge in [0.15, 0.2) is 0 Å². The van der Waals surface area contributed by atoms with Crippen molar-refractivity contribution >= 4 is 5.91 Å². The van der Waals surface area contributed by atoms with Crippen LogP contribution in [0.15, 0.2) is 24.3 Å². The molecule has 1 saturated carbocycles. The zero-order chi connectivity index (χ0) is 16.0. The molecule has 3 nitrogen and oxygen atoms in total. The van der Waals surface area contributed by atoms with Gasteiger partial charge in [0, 0.05) is 12.1 Å². The largest absolute Gasteiger partial charge is 0.352 e. The first kappa shape index (κ1) is 17.0. The van der Waals surface area contributed by atoms with E-state index in [1.807, 2.05) is 25.2 Å².